The van der Waals surface area contributed by atoms with Gasteiger partial charge in [-0.3, -0.25) is 4.99 Å². The lowest BCUT2D eigenvalue weighted by molar-refractivity contribution is 1.31. The topological polar surface area (TPSA) is 12.4 Å². The normalized spacial score (nSPS) is 11.9. The lowest BCUT2D eigenvalue weighted by Gasteiger charge is -2.01. The summed E-state index contributed by atoms with van der Waals surface area (Å²) in [5.41, 5.74) is 4.74. The fourth-order valence-electron chi connectivity index (χ4n) is 0.806. The molecule has 72 valence electrons. The summed E-state index contributed by atoms with van der Waals surface area (Å²) in [7, 11) is 1.78. The summed E-state index contributed by atoms with van der Waals surface area (Å²) < 4.78 is 0. The molecule has 1 nitrogen and oxygen atoms in total. The molecule has 1 heteroatoms. The van der Waals surface area contributed by atoms with Crippen LogP contribution >= 0.6 is 0 Å². The maximum Gasteiger partial charge on any atom is 0.0280 e. The summed E-state index contributed by atoms with van der Waals surface area (Å²) in [6.45, 7) is 12.1. The number of aliphatic imine (C=N–C) groups is 1. The summed E-state index contributed by atoms with van der Waals surface area (Å²) in [6, 6.07) is 0. The lowest BCUT2D eigenvalue weighted by Crippen LogP contribution is -1.87. The van der Waals surface area contributed by atoms with Gasteiger partial charge in [-0.15, -0.1) is 0 Å². The van der Waals surface area contributed by atoms with E-state index < -0.39 is 0 Å². The molecule has 0 saturated carbocycles. The predicted octanol–water partition coefficient (Wildman–Crippen LogP) is 3.55. The minimum atomic E-state index is 1.10. The van der Waals surface area contributed by atoms with Crippen molar-refractivity contribution in [3.63, 3.8) is 0 Å². The van der Waals surface area contributed by atoms with Gasteiger partial charge in [-0.2, -0.15) is 0 Å². The van der Waals surface area contributed by atoms with Crippen molar-refractivity contribution in [2.24, 2.45) is 4.99 Å². The molecule has 0 N–H and O–H groups in total. The molecule has 0 rings (SSSR count). The van der Waals surface area contributed by atoms with E-state index in [0.29, 0.717) is 0 Å². The molecule has 0 unspecified atom stereocenters. The maximum atomic E-state index is 4.01. The van der Waals surface area contributed by atoms with E-state index in [1.165, 1.54) is 16.7 Å². The number of hydrogen-bond acceptors (Lipinski definition) is 1. The SMILES string of the molecule is C=C(C)/C(C)=C/C(C=NC)=C(C)C. The standard InChI is InChI=1S/C12H19N/c1-9(2)11(5)7-12(8-13-6)10(3)4/h7-8H,1H2,2-6H3/b11-7+,13-8?. The largest absolute Gasteiger partial charge is 0.296 e. The third-order valence-corrected chi connectivity index (χ3v) is 1.89. The van der Waals surface area contributed by atoms with Crippen molar-refractivity contribution in [1.29, 1.82) is 0 Å². The van der Waals surface area contributed by atoms with Gasteiger partial charge in [0.25, 0.3) is 0 Å². The smallest absolute Gasteiger partial charge is 0.0280 e. The van der Waals surface area contributed by atoms with Crippen LogP contribution in [-0.4, -0.2) is 13.3 Å². The summed E-state index contributed by atoms with van der Waals surface area (Å²) >= 11 is 0. The van der Waals surface area contributed by atoms with Crippen LogP contribution in [0.25, 0.3) is 0 Å². The second-order valence-corrected chi connectivity index (χ2v) is 3.45. The highest BCUT2D eigenvalue weighted by atomic mass is 14.6. The Morgan fingerprint density at radius 1 is 1.15 bits per heavy atom. The average Bonchev–Trinajstić information content (AvgIpc) is 2.03. The zero-order valence-corrected chi connectivity index (χ0v) is 9.31. The molecule has 0 aromatic heterocycles. The van der Waals surface area contributed by atoms with Crippen molar-refractivity contribution in [2.75, 3.05) is 7.05 Å². The molecule has 0 atom stereocenters. The van der Waals surface area contributed by atoms with Crippen LogP contribution in [0.5, 0.6) is 0 Å². The first-order valence-electron chi connectivity index (χ1n) is 4.42. The van der Waals surface area contributed by atoms with E-state index in [1.807, 2.05) is 13.1 Å². The van der Waals surface area contributed by atoms with Crippen LogP contribution in [0.1, 0.15) is 27.7 Å². The summed E-state index contributed by atoms with van der Waals surface area (Å²) in [5.74, 6) is 0. The summed E-state index contributed by atoms with van der Waals surface area (Å²) in [5, 5.41) is 0. The first-order valence-corrected chi connectivity index (χ1v) is 4.42. The number of rotatable bonds is 3. The number of allylic oxidation sites excluding steroid dienone is 5. The van der Waals surface area contributed by atoms with E-state index in [1.54, 1.807) is 7.05 Å². The Bertz CT molecular complexity index is 273. The first-order chi connectivity index (χ1) is 5.99. The molecule has 0 bridgehead atoms. The summed E-state index contributed by atoms with van der Waals surface area (Å²) in [6.07, 6.45) is 3.99. The molecule has 0 aromatic carbocycles. The highest BCUT2D eigenvalue weighted by molar-refractivity contribution is 5.83. The molecule has 0 saturated heterocycles. The van der Waals surface area contributed by atoms with Crippen molar-refractivity contribution in [3.8, 4) is 0 Å². The fraction of sp³-hybridized carbons (Fsp3) is 0.417. The van der Waals surface area contributed by atoms with Crippen molar-refractivity contribution in [3.05, 3.63) is 34.9 Å². The van der Waals surface area contributed by atoms with E-state index in [9.17, 15) is 0 Å². The fourth-order valence-corrected chi connectivity index (χ4v) is 0.806. The van der Waals surface area contributed by atoms with E-state index in [0.717, 1.165) is 5.57 Å². The van der Waals surface area contributed by atoms with Crippen LogP contribution in [-0.2, 0) is 0 Å². The molecule has 0 aliphatic carbocycles. The first kappa shape index (κ1) is 11.9. The minimum Gasteiger partial charge on any atom is -0.296 e. The van der Waals surface area contributed by atoms with E-state index >= 15 is 0 Å². The second kappa shape index (κ2) is 5.52. The van der Waals surface area contributed by atoms with E-state index in [-0.39, 0.29) is 0 Å². The highest BCUT2D eigenvalue weighted by Gasteiger charge is 1.94. The van der Waals surface area contributed by atoms with Crippen molar-refractivity contribution < 1.29 is 0 Å². The Hall–Kier alpha value is -1.11. The maximum absolute atomic E-state index is 4.01. The van der Waals surface area contributed by atoms with Crippen LogP contribution in [0.15, 0.2) is 39.9 Å². The van der Waals surface area contributed by atoms with Crippen molar-refractivity contribution in [2.45, 2.75) is 27.7 Å². The Morgan fingerprint density at radius 3 is 2.00 bits per heavy atom. The molecular formula is C12H19N. The quantitative estimate of drug-likeness (QED) is 0.462. The van der Waals surface area contributed by atoms with Crippen molar-refractivity contribution >= 4 is 6.21 Å². The van der Waals surface area contributed by atoms with Crippen LogP contribution < -0.4 is 0 Å². The van der Waals surface area contributed by atoms with Crippen LogP contribution in [0, 0.1) is 0 Å². The Kier molecular flexibility index (Phi) is 5.05. The Balaban J connectivity index is 4.93. The van der Waals surface area contributed by atoms with Gasteiger partial charge in [0.05, 0.1) is 0 Å². The van der Waals surface area contributed by atoms with Gasteiger partial charge < -0.3 is 0 Å². The van der Waals surface area contributed by atoms with Gasteiger partial charge in [-0.25, -0.2) is 0 Å². The minimum absolute atomic E-state index is 1.10. The van der Waals surface area contributed by atoms with Gasteiger partial charge in [0.2, 0.25) is 0 Å². The zero-order valence-electron chi connectivity index (χ0n) is 9.31. The van der Waals surface area contributed by atoms with Crippen molar-refractivity contribution in [1.82, 2.24) is 0 Å². The lowest BCUT2D eigenvalue weighted by atomic mass is 10.1. The molecule has 0 heterocycles. The zero-order chi connectivity index (χ0) is 10.4. The number of nitrogens with zero attached hydrogens (tertiary/aromatic N) is 1. The molecule has 13 heavy (non-hydrogen) atoms. The molecule has 0 aromatic rings. The van der Waals surface area contributed by atoms with E-state index in [2.05, 4.69) is 38.4 Å². The summed E-state index contributed by atoms with van der Waals surface area (Å²) in [4.78, 5) is 4.01. The van der Waals surface area contributed by atoms with Gasteiger partial charge in [0, 0.05) is 13.3 Å². The molecule has 0 aliphatic heterocycles. The number of hydrogen-bond donors (Lipinski definition) is 0. The Morgan fingerprint density at radius 2 is 1.69 bits per heavy atom. The molecule has 0 aliphatic rings. The van der Waals surface area contributed by atoms with Gasteiger partial charge in [-0.05, 0) is 38.8 Å². The van der Waals surface area contributed by atoms with E-state index in [4.69, 9.17) is 0 Å². The van der Waals surface area contributed by atoms with Crippen LogP contribution in [0.4, 0.5) is 0 Å². The van der Waals surface area contributed by atoms with Gasteiger partial charge in [-0.1, -0.05) is 23.8 Å². The Labute approximate surface area is 81.6 Å². The molecule has 0 spiro atoms. The third-order valence-electron chi connectivity index (χ3n) is 1.89. The molecule has 0 radical (unpaired) electrons. The molecule has 0 fully saturated rings. The average molecular weight is 177 g/mol. The highest BCUT2D eigenvalue weighted by Crippen LogP contribution is 2.11. The predicted molar refractivity (Wildman–Crippen MR) is 61.4 cm³/mol. The monoisotopic (exact) mass is 177 g/mol. The second-order valence-electron chi connectivity index (χ2n) is 3.45. The molecular weight excluding hydrogens is 158 g/mol. The van der Waals surface area contributed by atoms with Crippen LogP contribution in [0.2, 0.25) is 0 Å². The van der Waals surface area contributed by atoms with Gasteiger partial charge in [0.1, 0.15) is 0 Å². The van der Waals surface area contributed by atoms with Gasteiger partial charge in [0.15, 0.2) is 0 Å². The van der Waals surface area contributed by atoms with Gasteiger partial charge >= 0.3 is 0 Å². The third kappa shape index (κ3) is 4.46. The van der Waals surface area contributed by atoms with Crippen LogP contribution in [0.3, 0.4) is 0 Å². The molecule has 0 amide bonds.